The van der Waals surface area contributed by atoms with Gasteiger partial charge in [-0.05, 0) is 36.8 Å². The van der Waals surface area contributed by atoms with Crippen LogP contribution in [0.15, 0.2) is 42.6 Å². The lowest BCUT2D eigenvalue weighted by Crippen LogP contribution is -2.04. The van der Waals surface area contributed by atoms with E-state index in [1.807, 2.05) is 30.5 Å². The van der Waals surface area contributed by atoms with E-state index in [1.54, 1.807) is 6.07 Å². The molecular formula is C14H15NO2. The van der Waals surface area contributed by atoms with Gasteiger partial charge in [0.25, 0.3) is 0 Å². The molecule has 1 heterocycles. The number of methoxy groups -OCH3 is 1. The molecule has 3 heteroatoms. The lowest BCUT2D eigenvalue weighted by Gasteiger charge is -2.07. The Bertz CT molecular complexity index is 529. The Hall–Kier alpha value is -2.03. The number of benzene rings is 1. The first kappa shape index (κ1) is 11.5. The van der Waals surface area contributed by atoms with Gasteiger partial charge in [0.05, 0.1) is 12.7 Å². The molecule has 3 nitrogen and oxygen atoms in total. The Morgan fingerprint density at radius 3 is 2.76 bits per heavy atom. The third kappa shape index (κ3) is 2.56. The number of rotatable bonds is 3. The fourth-order valence-corrected chi connectivity index (χ4v) is 1.79. The molecule has 1 aromatic heterocycles. The number of carbonyl (C=O) groups is 1. The summed E-state index contributed by atoms with van der Waals surface area (Å²) in [6.07, 6.45) is 2.03. The molecule has 2 aromatic rings. The molecule has 2 rings (SSSR count). The molecule has 0 atom stereocenters. The summed E-state index contributed by atoms with van der Waals surface area (Å²) in [7, 11) is 1.39. The zero-order chi connectivity index (χ0) is 12.3. The van der Waals surface area contributed by atoms with Crippen molar-refractivity contribution >= 4 is 5.97 Å². The van der Waals surface area contributed by atoms with Gasteiger partial charge in [0.1, 0.15) is 0 Å². The molecule has 0 amide bonds. The number of esters is 1. The molecule has 0 aliphatic carbocycles. The molecule has 0 aliphatic heterocycles. The van der Waals surface area contributed by atoms with Crippen molar-refractivity contribution in [1.82, 2.24) is 4.57 Å². The van der Waals surface area contributed by atoms with Gasteiger partial charge >= 0.3 is 5.97 Å². The highest BCUT2D eigenvalue weighted by Crippen LogP contribution is 2.10. The molecule has 0 bridgehead atoms. The highest BCUT2D eigenvalue weighted by molar-refractivity contribution is 5.89. The number of carbonyl (C=O) groups excluding carboxylic acids is 1. The van der Waals surface area contributed by atoms with Gasteiger partial charge in [-0.25, -0.2) is 4.79 Å². The van der Waals surface area contributed by atoms with E-state index in [1.165, 1.54) is 12.8 Å². The Balaban J connectivity index is 2.22. The minimum Gasteiger partial charge on any atom is -0.465 e. The molecule has 0 saturated heterocycles. The molecule has 88 valence electrons. The highest BCUT2D eigenvalue weighted by atomic mass is 16.5. The minimum absolute atomic E-state index is 0.295. The van der Waals surface area contributed by atoms with Crippen molar-refractivity contribution in [2.24, 2.45) is 0 Å². The quantitative estimate of drug-likeness (QED) is 0.758. The Kier molecular flexibility index (Phi) is 3.28. The smallest absolute Gasteiger partial charge is 0.337 e. The summed E-state index contributed by atoms with van der Waals surface area (Å²) in [5.41, 5.74) is 2.88. The molecule has 0 saturated carbocycles. The number of hydrogen-bond acceptors (Lipinski definition) is 2. The molecule has 0 radical (unpaired) electrons. The fourth-order valence-electron chi connectivity index (χ4n) is 1.79. The van der Waals surface area contributed by atoms with Gasteiger partial charge in [-0.2, -0.15) is 0 Å². The third-order valence-corrected chi connectivity index (χ3v) is 2.76. The summed E-state index contributed by atoms with van der Waals surface area (Å²) < 4.78 is 6.84. The van der Waals surface area contributed by atoms with Gasteiger partial charge in [0.2, 0.25) is 0 Å². The van der Waals surface area contributed by atoms with Crippen molar-refractivity contribution in [3.63, 3.8) is 0 Å². The normalized spacial score (nSPS) is 10.2. The number of aromatic nitrogens is 1. The maximum atomic E-state index is 11.4. The van der Waals surface area contributed by atoms with E-state index < -0.39 is 0 Å². The molecule has 0 fully saturated rings. The van der Waals surface area contributed by atoms with Gasteiger partial charge in [-0.15, -0.1) is 0 Å². The summed E-state index contributed by atoms with van der Waals surface area (Å²) in [5.74, 6) is -0.295. The molecule has 0 unspecified atom stereocenters. The van der Waals surface area contributed by atoms with E-state index in [2.05, 4.69) is 17.6 Å². The second kappa shape index (κ2) is 4.87. The lowest BCUT2D eigenvalue weighted by atomic mass is 10.1. The standard InChI is InChI=1S/C14H15NO2/c1-11-5-4-8-15(11)10-12-6-3-7-13(9-12)14(16)17-2/h3-9H,10H2,1-2H3. The first-order valence-electron chi connectivity index (χ1n) is 5.49. The van der Waals surface area contributed by atoms with Gasteiger partial charge < -0.3 is 9.30 Å². The van der Waals surface area contributed by atoms with Crippen LogP contribution in [-0.2, 0) is 11.3 Å². The van der Waals surface area contributed by atoms with Gasteiger partial charge in [0.15, 0.2) is 0 Å². The monoisotopic (exact) mass is 229 g/mol. The summed E-state index contributed by atoms with van der Waals surface area (Å²) in [6, 6.07) is 11.6. The average molecular weight is 229 g/mol. The zero-order valence-electron chi connectivity index (χ0n) is 10.0. The van der Waals surface area contributed by atoms with Crippen molar-refractivity contribution in [3.05, 3.63) is 59.4 Å². The topological polar surface area (TPSA) is 31.2 Å². The number of hydrogen-bond donors (Lipinski definition) is 0. The Labute approximate surface area is 101 Å². The number of aryl methyl sites for hydroxylation is 1. The van der Waals surface area contributed by atoms with E-state index in [9.17, 15) is 4.79 Å². The summed E-state index contributed by atoms with van der Waals surface area (Å²) >= 11 is 0. The minimum atomic E-state index is -0.295. The van der Waals surface area contributed by atoms with Crippen LogP contribution in [0.25, 0.3) is 0 Å². The molecule has 0 spiro atoms. The van der Waals surface area contributed by atoms with Crippen LogP contribution in [0.1, 0.15) is 21.6 Å². The largest absolute Gasteiger partial charge is 0.465 e. The Morgan fingerprint density at radius 2 is 2.12 bits per heavy atom. The van der Waals surface area contributed by atoms with Crippen molar-refractivity contribution in [3.8, 4) is 0 Å². The molecule has 17 heavy (non-hydrogen) atoms. The summed E-state index contributed by atoms with van der Waals surface area (Å²) in [5, 5.41) is 0. The van der Waals surface area contributed by atoms with Gasteiger partial charge in [0, 0.05) is 18.4 Å². The van der Waals surface area contributed by atoms with Crippen LogP contribution in [0.2, 0.25) is 0 Å². The zero-order valence-corrected chi connectivity index (χ0v) is 10.0. The summed E-state index contributed by atoms with van der Waals surface area (Å²) in [4.78, 5) is 11.4. The van der Waals surface area contributed by atoms with E-state index in [0.29, 0.717) is 5.56 Å². The maximum absolute atomic E-state index is 11.4. The van der Waals surface area contributed by atoms with Crippen LogP contribution < -0.4 is 0 Å². The summed E-state index contributed by atoms with van der Waals surface area (Å²) in [6.45, 7) is 2.83. The van der Waals surface area contributed by atoms with Gasteiger partial charge in [-0.3, -0.25) is 0 Å². The molecular weight excluding hydrogens is 214 g/mol. The molecule has 0 aliphatic rings. The number of nitrogens with zero attached hydrogens (tertiary/aromatic N) is 1. The highest BCUT2D eigenvalue weighted by Gasteiger charge is 2.06. The van der Waals surface area contributed by atoms with Crippen LogP contribution in [0, 0.1) is 6.92 Å². The van der Waals surface area contributed by atoms with Crippen molar-refractivity contribution in [2.45, 2.75) is 13.5 Å². The van der Waals surface area contributed by atoms with E-state index in [0.717, 1.165) is 12.1 Å². The third-order valence-electron chi connectivity index (χ3n) is 2.76. The van der Waals surface area contributed by atoms with Crippen molar-refractivity contribution < 1.29 is 9.53 Å². The predicted octanol–water partition coefficient (Wildman–Crippen LogP) is 2.63. The van der Waals surface area contributed by atoms with Crippen LogP contribution in [0.4, 0.5) is 0 Å². The van der Waals surface area contributed by atoms with Crippen LogP contribution in [0.5, 0.6) is 0 Å². The SMILES string of the molecule is COC(=O)c1cccc(Cn2cccc2C)c1. The predicted molar refractivity (Wildman–Crippen MR) is 66.1 cm³/mol. The second-order valence-corrected chi connectivity index (χ2v) is 3.97. The fraction of sp³-hybridized carbons (Fsp3) is 0.214. The van der Waals surface area contributed by atoms with Crippen molar-refractivity contribution in [1.29, 1.82) is 0 Å². The molecule has 1 aromatic carbocycles. The lowest BCUT2D eigenvalue weighted by molar-refractivity contribution is 0.0600. The van der Waals surface area contributed by atoms with E-state index >= 15 is 0 Å². The molecule has 0 N–H and O–H groups in total. The second-order valence-electron chi connectivity index (χ2n) is 3.97. The average Bonchev–Trinajstić information content (AvgIpc) is 2.74. The van der Waals surface area contributed by atoms with E-state index in [-0.39, 0.29) is 5.97 Å². The maximum Gasteiger partial charge on any atom is 0.337 e. The van der Waals surface area contributed by atoms with Crippen LogP contribution in [0.3, 0.4) is 0 Å². The first-order chi connectivity index (χ1) is 8.20. The van der Waals surface area contributed by atoms with Crippen LogP contribution in [-0.4, -0.2) is 17.6 Å². The van der Waals surface area contributed by atoms with Crippen molar-refractivity contribution in [2.75, 3.05) is 7.11 Å². The van der Waals surface area contributed by atoms with E-state index in [4.69, 9.17) is 4.74 Å². The Morgan fingerprint density at radius 1 is 1.29 bits per heavy atom. The van der Waals surface area contributed by atoms with Gasteiger partial charge in [-0.1, -0.05) is 12.1 Å². The number of ether oxygens (including phenoxy) is 1. The first-order valence-corrected chi connectivity index (χ1v) is 5.49. The van der Waals surface area contributed by atoms with Crippen LogP contribution >= 0.6 is 0 Å².